The van der Waals surface area contributed by atoms with Crippen molar-refractivity contribution in [2.45, 2.75) is 19.8 Å². The molecule has 0 bridgehead atoms. The number of hydrogen-bond donors (Lipinski definition) is 1. The summed E-state index contributed by atoms with van der Waals surface area (Å²) < 4.78 is 0. The number of nitrogens with zero attached hydrogens (tertiary/aromatic N) is 2. The van der Waals surface area contributed by atoms with Crippen molar-refractivity contribution in [2.24, 2.45) is 0 Å². The van der Waals surface area contributed by atoms with Crippen molar-refractivity contribution < 1.29 is 0 Å². The fraction of sp³-hybridized carbons (Fsp3) is 0.556. The number of hydrogen-bond acceptors (Lipinski definition) is 3. The second-order valence-corrected chi connectivity index (χ2v) is 3.13. The third-order valence-electron chi connectivity index (χ3n) is 2.34. The van der Waals surface area contributed by atoms with E-state index in [1.807, 2.05) is 0 Å². The minimum absolute atomic E-state index is 1.04. The lowest BCUT2D eigenvalue weighted by Crippen LogP contribution is -2.16. The van der Waals surface area contributed by atoms with Gasteiger partial charge in [0.1, 0.15) is 6.33 Å². The van der Waals surface area contributed by atoms with Crippen molar-refractivity contribution >= 4 is 0 Å². The van der Waals surface area contributed by atoms with Crippen LogP contribution < -0.4 is 5.32 Å². The van der Waals surface area contributed by atoms with E-state index in [4.69, 9.17) is 0 Å². The fourth-order valence-electron chi connectivity index (χ4n) is 1.64. The number of aryl methyl sites for hydroxylation is 1. The number of nitrogens with one attached hydrogen (secondary N) is 1. The molecule has 12 heavy (non-hydrogen) atoms. The molecule has 0 saturated carbocycles. The Morgan fingerprint density at radius 1 is 1.25 bits per heavy atom. The third kappa shape index (κ3) is 1.32. The van der Waals surface area contributed by atoms with E-state index >= 15 is 0 Å². The lowest BCUT2D eigenvalue weighted by atomic mass is 10.1. The van der Waals surface area contributed by atoms with E-state index in [1.165, 1.54) is 11.3 Å². The molecular weight excluding hydrogens is 150 g/mol. The summed E-state index contributed by atoms with van der Waals surface area (Å²) in [5, 5.41) is 3.35. The van der Waals surface area contributed by atoms with Gasteiger partial charge in [-0.05, 0) is 25.5 Å². The Bertz CT molecular complexity index is 283. The molecule has 0 fully saturated rings. The largest absolute Gasteiger partial charge is 0.316 e. The van der Waals surface area contributed by atoms with Crippen LogP contribution in [0, 0.1) is 6.92 Å². The summed E-state index contributed by atoms with van der Waals surface area (Å²) in [6, 6.07) is 0. The second-order valence-electron chi connectivity index (χ2n) is 3.13. The van der Waals surface area contributed by atoms with Crippen molar-refractivity contribution in [3.8, 4) is 0 Å². The van der Waals surface area contributed by atoms with Crippen molar-refractivity contribution in [3.63, 3.8) is 0 Å². The molecule has 0 aromatic carbocycles. The molecule has 64 valence electrons. The molecule has 2 heterocycles. The molecule has 1 N–H and O–H groups in total. The molecule has 3 heteroatoms. The SMILES string of the molecule is Cc1ncnc2c1CCNCC2. The zero-order valence-corrected chi connectivity index (χ0v) is 7.30. The van der Waals surface area contributed by atoms with Gasteiger partial charge in [-0.2, -0.15) is 0 Å². The minimum Gasteiger partial charge on any atom is -0.316 e. The van der Waals surface area contributed by atoms with Crippen LogP contribution in [0.5, 0.6) is 0 Å². The van der Waals surface area contributed by atoms with Crippen LogP contribution in [0.3, 0.4) is 0 Å². The third-order valence-corrected chi connectivity index (χ3v) is 2.34. The van der Waals surface area contributed by atoms with E-state index in [0.717, 1.165) is 31.6 Å². The Labute approximate surface area is 72.2 Å². The van der Waals surface area contributed by atoms with E-state index in [0.29, 0.717) is 0 Å². The quantitative estimate of drug-likeness (QED) is 0.604. The van der Waals surface area contributed by atoms with Crippen molar-refractivity contribution in [3.05, 3.63) is 23.3 Å². The second kappa shape index (κ2) is 3.19. The van der Waals surface area contributed by atoms with Gasteiger partial charge in [-0.15, -0.1) is 0 Å². The van der Waals surface area contributed by atoms with E-state index in [9.17, 15) is 0 Å². The van der Waals surface area contributed by atoms with Crippen LogP contribution in [0.2, 0.25) is 0 Å². The van der Waals surface area contributed by atoms with E-state index in [2.05, 4.69) is 22.2 Å². The zero-order chi connectivity index (χ0) is 8.39. The van der Waals surface area contributed by atoms with Gasteiger partial charge in [-0.1, -0.05) is 0 Å². The molecule has 1 aromatic heterocycles. The fourth-order valence-corrected chi connectivity index (χ4v) is 1.64. The molecular formula is C9H13N3. The maximum absolute atomic E-state index is 4.29. The summed E-state index contributed by atoms with van der Waals surface area (Å²) in [4.78, 5) is 8.48. The number of aromatic nitrogens is 2. The first-order valence-corrected chi connectivity index (χ1v) is 4.38. The Hall–Kier alpha value is -0.960. The molecule has 0 saturated heterocycles. The molecule has 0 spiro atoms. The van der Waals surface area contributed by atoms with Gasteiger partial charge in [0.2, 0.25) is 0 Å². The van der Waals surface area contributed by atoms with Gasteiger partial charge in [0.05, 0.1) is 0 Å². The van der Waals surface area contributed by atoms with Crippen LogP contribution in [-0.4, -0.2) is 23.1 Å². The van der Waals surface area contributed by atoms with E-state index < -0.39 is 0 Å². The maximum atomic E-state index is 4.29. The predicted molar refractivity (Wildman–Crippen MR) is 47.0 cm³/mol. The highest BCUT2D eigenvalue weighted by Gasteiger charge is 2.10. The zero-order valence-electron chi connectivity index (χ0n) is 7.30. The van der Waals surface area contributed by atoms with Gasteiger partial charge in [-0.3, -0.25) is 0 Å². The van der Waals surface area contributed by atoms with Crippen molar-refractivity contribution in [1.82, 2.24) is 15.3 Å². The monoisotopic (exact) mass is 163 g/mol. The first kappa shape index (κ1) is 7.68. The molecule has 0 radical (unpaired) electrons. The molecule has 0 amide bonds. The van der Waals surface area contributed by atoms with Gasteiger partial charge in [0.15, 0.2) is 0 Å². The summed E-state index contributed by atoms with van der Waals surface area (Å²) >= 11 is 0. The van der Waals surface area contributed by atoms with Gasteiger partial charge in [0.25, 0.3) is 0 Å². The van der Waals surface area contributed by atoms with E-state index in [-0.39, 0.29) is 0 Å². The minimum atomic E-state index is 1.04. The standard InChI is InChI=1S/C9H13N3/c1-7-8-2-4-10-5-3-9(8)12-6-11-7/h6,10H,2-5H2,1H3. The molecule has 3 nitrogen and oxygen atoms in total. The average Bonchev–Trinajstić information content (AvgIpc) is 2.30. The van der Waals surface area contributed by atoms with Gasteiger partial charge >= 0.3 is 0 Å². The Balaban J connectivity index is 2.42. The highest BCUT2D eigenvalue weighted by molar-refractivity contribution is 5.25. The molecule has 1 aliphatic heterocycles. The van der Waals surface area contributed by atoms with Crippen LogP contribution in [-0.2, 0) is 12.8 Å². The maximum Gasteiger partial charge on any atom is 0.115 e. The predicted octanol–water partition coefficient (Wildman–Crippen LogP) is 0.473. The summed E-state index contributed by atoms with van der Waals surface area (Å²) in [7, 11) is 0. The number of fused-ring (bicyclic) bond motifs is 1. The molecule has 1 aliphatic rings. The van der Waals surface area contributed by atoms with Crippen LogP contribution in [0.25, 0.3) is 0 Å². The van der Waals surface area contributed by atoms with Gasteiger partial charge < -0.3 is 5.32 Å². The lowest BCUT2D eigenvalue weighted by molar-refractivity contribution is 0.708. The first-order chi connectivity index (χ1) is 5.88. The summed E-state index contributed by atoms with van der Waals surface area (Å²) in [5.74, 6) is 0. The Morgan fingerprint density at radius 3 is 3.00 bits per heavy atom. The van der Waals surface area contributed by atoms with Crippen molar-refractivity contribution in [1.29, 1.82) is 0 Å². The Morgan fingerprint density at radius 2 is 2.08 bits per heavy atom. The van der Waals surface area contributed by atoms with Crippen molar-refractivity contribution in [2.75, 3.05) is 13.1 Å². The average molecular weight is 163 g/mol. The van der Waals surface area contributed by atoms with Crippen LogP contribution in [0.4, 0.5) is 0 Å². The van der Waals surface area contributed by atoms with Crippen LogP contribution >= 0.6 is 0 Å². The van der Waals surface area contributed by atoms with Crippen LogP contribution in [0.15, 0.2) is 6.33 Å². The molecule has 2 rings (SSSR count). The molecule has 0 unspecified atom stereocenters. The number of rotatable bonds is 0. The highest BCUT2D eigenvalue weighted by Crippen LogP contribution is 2.11. The topological polar surface area (TPSA) is 37.8 Å². The summed E-state index contributed by atoms with van der Waals surface area (Å²) in [6.45, 7) is 4.16. The van der Waals surface area contributed by atoms with Crippen LogP contribution in [0.1, 0.15) is 17.0 Å². The molecule has 0 atom stereocenters. The molecule has 0 aliphatic carbocycles. The van der Waals surface area contributed by atoms with Gasteiger partial charge in [-0.25, -0.2) is 9.97 Å². The summed E-state index contributed by atoms with van der Waals surface area (Å²) in [6.07, 6.45) is 3.78. The highest BCUT2D eigenvalue weighted by atomic mass is 14.9. The normalized spacial score (nSPS) is 16.8. The first-order valence-electron chi connectivity index (χ1n) is 4.38. The molecule has 1 aromatic rings. The summed E-state index contributed by atoms with van der Waals surface area (Å²) in [5.41, 5.74) is 3.72. The van der Waals surface area contributed by atoms with Gasteiger partial charge in [0, 0.05) is 24.4 Å². The van der Waals surface area contributed by atoms with E-state index in [1.54, 1.807) is 6.33 Å². The smallest absolute Gasteiger partial charge is 0.115 e. The Kier molecular flexibility index (Phi) is 2.04. The lowest BCUT2D eigenvalue weighted by Gasteiger charge is -2.04.